The molecule has 46 heavy (non-hydrogen) atoms. The standard InChI is InChI=1S/C33H45N5O8/c1-16(12-32(4)6-7-32)14-43-28(39)22-24(37)18(3)10-20(35)26(22)45-30(41)31(42)46-27-21(36)11-19(34)25(38)23(27)29(40)44-15-17(2)13-33(5)8-9-33/h10-11,16-17H,6-9,12-15,34-38H2,1-5H3. The van der Waals surface area contributed by atoms with Crippen molar-refractivity contribution in [3.8, 4) is 11.5 Å². The molecule has 0 spiro atoms. The van der Waals surface area contributed by atoms with Crippen LogP contribution in [-0.2, 0) is 19.1 Å². The highest BCUT2D eigenvalue weighted by atomic mass is 16.6. The fourth-order valence-electron chi connectivity index (χ4n) is 5.67. The molecule has 2 aliphatic carbocycles. The Morgan fingerprint density at radius 3 is 1.48 bits per heavy atom. The second-order valence-corrected chi connectivity index (χ2v) is 13.8. The maximum absolute atomic E-state index is 13.2. The van der Waals surface area contributed by atoms with E-state index in [0.717, 1.165) is 38.5 Å². The van der Waals surface area contributed by atoms with Crippen molar-refractivity contribution in [1.29, 1.82) is 0 Å². The number of ether oxygens (including phenoxy) is 4. The molecule has 0 heterocycles. The van der Waals surface area contributed by atoms with Gasteiger partial charge in [0.05, 0.1) is 41.7 Å². The van der Waals surface area contributed by atoms with Crippen LogP contribution in [0.25, 0.3) is 0 Å². The molecule has 2 aliphatic rings. The van der Waals surface area contributed by atoms with Crippen LogP contribution in [0, 0.1) is 29.6 Å². The zero-order valence-electron chi connectivity index (χ0n) is 27.1. The summed E-state index contributed by atoms with van der Waals surface area (Å²) in [5.74, 6) is -5.87. The maximum atomic E-state index is 13.2. The summed E-state index contributed by atoms with van der Waals surface area (Å²) < 4.78 is 21.5. The smallest absolute Gasteiger partial charge is 0.423 e. The van der Waals surface area contributed by atoms with Gasteiger partial charge in [0.15, 0.2) is 11.5 Å². The second kappa shape index (κ2) is 13.0. The van der Waals surface area contributed by atoms with Gasteiger partial charge in [-0.1, -0.05) is 27.7 Å². The molecule has 13 nitrogen and oxygen atoms in total. The summed E-state index contributed by atoms with van der Waals surface area (Å²) >= 11 is 0. The zero-order valence-corrected chi connectivity index (χ0v) is 27.1. The molecule has 0 aliphatic heterocycles. The number of carbonyl (C=O) groups is 4. The van der Waals surface area contributed by atoms with Gasteiger partial charge in [0.25, 0.3) is 0 Å². The average molecular weight is 640 g/mol. The van der Waals surface area contributed by atoms with Gasteiger partial charge in [0.1, 0.15) is 11.1 Å². The molecule has 0 saturated heterocycles. The highest BCUT2D eigenvalue weighted by Gasteiger charge is 2.39. The molecule has 2 saturated carbocycles. The topological polar surface area (TPSA) is 235 Å². The van der Waals surface area contributed by atoms with Gasteiger partial charge in [-0.2, -0.15) is 0 Å². The van der Waals surface area contributed by atoms with Crippen LogP contribution in [0.4, 0.5) is 28.4 Å². The molecule has 0 aromatic heterocycles. The Kier molecular flexibility index (Phi) is 9.64. The van der Waals surface area contributed by atoms with Crippen molar-refractivity contribution in [2.45, 2.75) is 73.1 Å². The van der Waals surface area contributed by atoms with Crippen LogP contribution < -0.4 is 38.1 Å². The van der Waals surface area contributed by atoms with E-state index in [-0.39, 0.29) is 69.9 Å². The van der Waals surface area contributed by atoms with Gasteiger partial charge in [-0.05, 0) is 85.8 Å². The third-order valence-electron chi connectivity index (χ3n) is 8.79. The van der Waals surface area contributed by atoms with Gasteiger partial charge >= 0.3 is 23.9 Å². The van der Waals surface area contributed by atoms with Crippen LogP contribution >= 0.6 is 0 Å². The minimum Gasteiger partial charge on any atom is -0.462 e. The van der Waals surface area contributed by atoms with Gasteiger partial charge in [-0.25, -0.2) is 19.2 Å². The van der Waals surface area contributed by atoms with Crippen molar-refractivity contribution in [3.05, 3.63) is 28.8 Å². The molecule has 0 radical (unpaired) electrons. The van der Waals surface area contributed by atoms with Crippen LogP contribution in [0.15, 0.2) is 12.1 Å². The number of aryl methyl sites for hydroxylation is 1. The quantitative estimate of drug-likeness (QED) is 0.0939. The molecule has 13 heteroatoms. The van der Waals surface area contributed by atoms with Gasteiger partial charge in [0.2, 0.25) is 0 Å². The van der Waals surface area contributed by atoms with E-state index in [2.05, 4.69) is 13.8 Å². The minimum absolute atomic E-state index is 0.0392. The van der Waals surface area contributed by atoms with Crippen LogP contribution in [-0.4, -0.2) is 37.1 Å². The van der Waals surface area contributed by atoms with Crippen LogP contribution in [0.1, 0.15) is 92.5 Å². The lowest BCUT2D eigenvalue weighted by atomic mass is 9.95. The lowest BCUT2D eigenvalue weighted by Gasteiger charge is -2.19. The van der Waals surface area contributed by atoms with E-state index >= 15 is 0 Å². The molecule has 2 aromatic carbocycles. The van der Waals surface area contributed by atoms with Crippen molar-refractivity contribution < 1.29 is 38.1 Å². The molecule has 2 unspecified atom stereocenters. The molecular weight excluding hydrogens is 594 g/mol. The SMILES string of the molecule is Cc1cc(N)c(OC(=O)C(=O)Oc2c(N)cc(N)c(N)c2C(=O)OCC(C)CC2(C)CC2)c(C(=O)OCC(C)CC2(C)CC2)c1N. The van der Waals surface area contributed by atoms with E-state index in [1.165, 1.54) is 12.1 Å². The summed E-state index contributed by atoms with van der Waals surface area (Å²) in [4.78, 5) is 52.3. The fraction of sp³-hybridized carbons (Fsp3) is 0.515. The Bertz CT molecular complexity index is 1450. The molecule has 4 rings (SSSR count). The number of carbonyl (C=O) groups excluding carboxylic acids is 4. The zero-order chi connectivity index (χ0) is 34.1. The van der Waals surface area contributed by atoms with Crippen molar-refractivity contribution >= 4 is 52.3 Å². The Morgan fingerprint density at radius 1 is 0.674 bits per heavy atom. The monoisotopic (exact) mass is 639 g/mol. The number of esters is 4. The number of nitrogen functional groups attached to an aromatic ring is 5. The Hall–Kier alpha value is -4.68. The second-order valence-electron chi connectivity index (χ2n) is 13.8. The predicted molar refractivity (Wildman–Crippen MR) is 174 cm³/mol. The normalized spacial score (nSPS) is 16.9. The van der Waals surface area contributed by atoms with Crippen LogP contribution in [0.5, 0.6) is 11.5 Å². The summed E-state index contributed by atoms with van der Waals surface area (Å²) in [6.45, 7) is 10.1. The van der Waals surface area contributed by atoms with Gasteiger partial charge in [0, 0.05) is 0 Å². The number of benzene rings is 2. The largest absolute Gasteiger partial charge is 0.462 e. The Labute approximate surface area is 268 Å². The summed E-state index contributed by atoms with van der Waals surface area (Å²) in [6.07, 6.45) is 6.22. The molecule has 0 amide bonds. The van der Waals surface area contributed by atoms with E-state index in [1.807, 2.05) is 13.8 Å². The van der Waals surface area contributed by atoms with Gasteiger partial charge in [-0.15, -0.1) is 0 Å². The summed E-state index contributed by atoms with van der Waals surface area (Å²) in [6, 6.07) is 2.56. The molecule has 10 N–H and O–H groups in total. The fourth-order valence-corrected chi connectivity index (χ4v) is 5.67. The van der Waals surface area contributed by atoms with Crippen molar-refractivity contribution in [2.75, 3.05) is 41.9 Å². The first-order valence-corrected chi connectivity index (χ1v) is 15.4. The van der Waals surface area contributed by atoms with Crippen molar-refractivity contribution in [3.63, 3.8) is 0 Å². The van der Waals surface area contributed by atoms with Crippen LogP contribution in [0.2, 0.25) is 0 Å². The number of hydrogen-bond acceptors (Lipinski definition) is 13. The summed E-state index contributed by atoms with van der Waals surface area (Å²) in [5.41, 5.74) is 29.7. The predicted octanol–water partition coefficient (Wildman–Crippen LogP) is 4.38. The Balaban J connectivity index is 1.51. The molecule has 250 valence electrons. The molecule has 0 bridgehead atoms. The lowest BCUT2D eigenvalue weighted by molar-refractivity contribution is -0.156. The average Bonchev–Trinajstić information content (AvgIpc) is 3.89. The van der Waals surface area contributed by atoms with Crippen molar-refractivity contribution in [1.82, 2.24) is 0 Å². The lowest BCUT2D eigenvalue weighted by Crippen LogP contribution is -2.28. The maximum Gasteiger partial charge on any atom is 0.423 e. The van der Waals surface area contributed by atoms with E-state index in [4.69, 9.17) is 47.6 Å². The Morgan fingerprint density at radius 2 is 1.07 bits per heavy atom. The molecular formula is C33H45N5O8. The van der Waals surface area contributed by atoms with E-state index in [1.54, 1.807) is 6.92 Å². The van der Waals surface area contributed by atoms with Gasteiger partial charge < -0.3 is 47.6 Å². The van der Waals surface area contributed by atoms with Crippen molar-refractivity contribution in [2.24, 2.45) is 22.7 Å². The first-order valence-electron chi connectivity index (χ1n) is 15.4. The number of rotatable bonds is 12. The third kappa shape index (κ3) is 7.93. The summed E-state index contributed by atoms with van der Waals surface area (Å²) in [5, 5.41) is 0. The van der Waals surface area contributed by atoms with E-state index in [0.29, 0.717) is 5.56 Å². The first kappa shape index (κ1) is 34.2. The minimum atomic E-state index is -1.59. The first-order chi connectivity index (χ1) is 21.4. The van der Waals surface area contributed by atoms with E-state index < -0.39 is 40.9 Å². The van der Waals surface area contributed by atoms with Gasteiger partial charge in [-0.3, -0.25) is 0 Å². The molecule has 2 fully saturated rings. The highest BCUT2D eigenvalue weighted by Crippen LogP contribution is 2.50. The molecule has 2 atom stereocenters. The molecule has 2 aromatic rings. The number of anilines is 5. The van der Waals surface area contributed by atoms with Crippen LogP contribution in [0.3, 0.4) is 0 Å². The van der Waals surface area contributed by atoms with E-state index in [9.17, 15) is 19.2 Å². The number of nitrogens with two attached hydrogens (primary N) is 5. The highest BCUT2D eigenvalue weighted by molar-refractivity contribution is 6.31. The summed E-state index contributed by atoms with van der Waals surface area (Å²) in [7, 11) is 0. The number of hydrogen-bond donors (Lipinski definition) is 5. The third-order valence-corrected chi connectivity index (χ3v) is 8.79.